The summed E-state index contributed by atoms with van der Waals surface area (Å²) in [5.74, 6) is 0.976. The SMILES string of the molecule is O=C(CC[C@H]1CCCN(C(=O)Cc2ccc3ccccc3c2)C1)N1CCCC1. The van der Waals surface area contributed by atoms with Gasteiger partial charge in [-0.1, -0.05) is 42.5 Å². The van der Waals surface area contributed by atoms with Gasteiger partial charge in [0, 0.05) is 32.6 Å². The number of carbonyl (C=O) groups excluding carboxylic acids is 2. The first-order chi connectivity index (χ1) is 13.7. The molecule has 2 heterocycles. The highest BCUT2D eigenvalue weighted by atomic mass is 16.2. The van der Waals surface area contributed by atoms with Crippen LogP contribution in [-0.2, 0) is 16.0 Å². The molecule has 28 heavy (non-hydrogen) atoms. The Kier molecular flexibility index (Phi) is 5.94. The van der Waals surface area contributed by atoms with Crippen LogP contribution in [0.1, 0.15) is 44.1 Å². The molecule has 0 spiro atoms. The number of piperidine rings is 1. The molecule has 0 bridgehead atoms. The number of fused-ring (bicyclic) bond motifs is 1. The first-order valence-corrected chi connectivity index (χ1v) is 10.7. The van der Waals surface area contributed by atoms with E-state index >= 15 is 0 Å². The Morgan fingerprint density at radius 2 is 1.61 bits per heavy atom. The molecule has 0 unspecified atom stereocenters. The zero-order valence-corrected chi connectivity index (χ0v) is 16.6. The first-order valence-electron chi connectivity index (χ1n) is 10.7. The maximum atomic E-state index is 12.8. The van der Waals surface area contributed by atoms with E-state index in [1.54, 1.807) is 0 Å². The van der Waals surface area contributed by atoms with Gasteiger partial charge in [0.25, 0.3) is 0 Å². The van der Waals surface area contributed by atoms with Crippen LogP contribution in [0, 0.1) is 5.92 Å². The third-order valence-corrected chi connectivity index (χ3v) is 6.27. The van der Waals surface area contributed by atoms with Crippen LogP contribution >= 0.6 is 0 Å². The van der Waals surface area contributed by atoms with E-state index in [1.807, 2.05) is 21.9 Å². The van der Waals surface area contributed by atoms with Gasteiger partial charge in [-0.15, -0.1) is 0 Å². The fourth-order valence-corrected chi connectivity index (χ4v) is 4.61. The standard InChI is InChI=1S/C24H30N2O2/c27-23(25-13-3-4-14-25)12-10-19-6-5-15-26(18-19)24(28)17-20-9-11-21-7-1-2-8-22(21)16-20/h1-2,7-9,11,16,19H,3-6,10,12-15,17-18H2/t19-/m1/s1. The molecule has 0 aromatic heterocycles. The molecule has 4 heteroatoms. The molecule has 0 N–H and O–H groups in total. The maximum absolute atomic E-state index is 12.8. The van der Waals surface area contributed by atoms with Crippen molar-refractivity contribution in [2.75, 3.05) is 26.2 Å². The average molecular weight is 379 g/mol. The molecular formula is C24H30N2O2. The van der Waals surface area contributed by atoms with Crippen molar-refractivity contribution >= 4 is 22.6 Å². The molecule has 0 saturated carbocycles. The van der Waals surface area contributed by atoms with E-state index < -0.39 is 0 Å². The number of hydrogen-bond acceptors (Lipinski definition) is 2. The van der Waals surface area contributed by atoms with Gasteiger partial charge in [0.1, 0.15) is 0 Å². The minimum Gasteiger partial charge on any atom is -0.343 e. The lowest BCUT2D eigenvalue weighted by atomic mass is 9.92. The lowest BCUT2D eigenvalue weighted by Crippen LogP contribution is -2.41. The Bertz CT molecular complexity index is 841. The summed E-state index contributed by atoms with van der Waals surface area (Å²) in [6, 6.07) is 14.6. The second kappa shape index (κ2) is 8.76. The summed E-state index contributed by atoms with van der Waals surface area (Å²) < 4.78 is 0. The molecule has 148 valence electrons. The van der Waals surface area contributed by atoms with E-state index in [0.717, 1.165) is 63.8 Å². The van der Waals surface area contributed by atoms with Crippen molar-refractivity contribution in [1.82, 2.24) is 9.80 Å². The predicted octanol–water partition coefficient (Wildman–Crippen LogP) is 4.02. The third kappa shape index (κ3) is 4.54. The minimum atomic E-state index is 0.214. The largest absolute Gasteiger partial charge is 0.343 e. The summed E-state index contributed by atoms with van der Waals surface area (Å²) in [5.41, 5.74) is 1.08. The highest BCUT2D eigenvalue weighted by Gasteiger charge is 2.25. The van der Waals surface area contributed by atoms with Crippen molar-refractivity contribution < 1.29 is 9.59 Å². The Hall–Kier alpha value is -2.36. The Morgan fingerprint density at radius 3 is 2.43 bits per heavy atom. The molecule has 2 aliphatic rings. The van der Waals surface area contributed by atoms with Crippen molar-refractivity contribution in [3.05, 3.63) is 48.0 Å². The van der Waals surface area contributed by atoms with Crippen molar-refractivity contribution in [2.45, 2.75) is 44.9 Å². The second-order valence-electron chi connectivity index (χ2n) is 8.33. The number of nitrogens with zero attached hydrogens (tertiary/aromatic N) is 2. The van der Waals surface area contributed by atoms with Crippen LogP contribution in [0.25, 0.3) is 10.8 Å². The zero-order chi connectivity index (χ0) is 19.3. The van der Waals surface area contributed by atoms with E-state index in [0.29, 0.717) is 24.7 Å². The number of benzene rings is 2. The number of amides is 2. The fraction of sp³-hybridized carbons (Fsp3) is 0.500. The zero-order valence-electron chi connectivity index (χ0n) is 16.6. The van der Waals surface area contributed by atoms with Crippen molar-refractivity contribution in [2.24, 2.45) is 5.92 Å². The van der Waals surface area contributed by atoms with Crippen LogP contribution < -0.4 is 0 Å². The van der Waals surface area contributed by atoms with Gasteiger partial charge < -0.3 is 9.80 Å². The van der Waals surface area contributed by atoms with E-state index in [4.69, 9.17) is 0 Å². The molecule has 2 aromatic carbocycles. The lowest BCUT2D eigenvalue weighted by molar-refractivity contribution is -0.132. The molecule has 2 aromatic rings. The molecule has 1 atom stereocenters. The van der Waals surface area contributed by atoms with Gasteiger partial charge in [0.2, 0.25) is 11.8 Å². The van der Waals surface area contributed by atoms with Crippen LogP contribution in [0.5, 0.6) is 0 Å². The van der Waals surface area contributed by atoms with Gasteiger partial charge >= 0.3 is 0 Å². The Labute approximate surface area is 167 Å². The summed E-state index contributed by atoms with van der Waals surface area (Å²) in [5, 5.41) is 2.39. The van der Waals surface area contributed by atoms with E-state index in [9.17, 15) is 9.59 Å². The van der Waals surface area contributed by atoms with Crippen LogP contribution in [0.4, 0.5) is 0 Å². The highest BCUT2D eigenvalue weighted by Crippen LogP contribution is 2.23. The summed E-state index contributed by atoms with van der Waals surface area (Å²) >= 11 is 0. The van der Waals surface area contributed by atoms with Crippen molar-refractivity contribution in [1.29, 1.82) is 0 Å². The van der Waals surface area contributed by atoms with Crippen LogP contribution in [0.15, 0.2) is 42.5 Å². The predicted molar refractivity (Wildman–Crippen MR) is 112 cm³/mol. The third-order valence-electron chi connectivity index (χ3n) is 6.27. The maximum Gasteiger partial charge on any atom is 0.226 e. The van der Waals surface area contributed by atoms with E-state index in [-0.39, 0.29) is 5.91 Å². The van der Waals surface area contributed by atoms with Crippen LogP contribution in [-0.4, -0.2) is 47.8 Å². The van der Waals surface area contributed by atoms with Gasteiger partial charge in [-0.2, -0.15) is 0 Å². The van der Waals surface area contributed by atoms with Gasteiger partial charge in [-0.3, -0.25) is 9.59 Å². The Morgan fingerprint density at radius 1 is 0.857 bits per heavy atom. The minimum absolute atomic E-state index is 0.214. The fourth-order valence-electron chi connectivity index (χ4n) is 4.61. The lowest BCUT2D eigenvalue weighted by Gasteiger charge is -2.33. The van der Waals surface area contributed by atoms with Crippen LogP contribution in [0.2, 0.25) is 0 Å². The van der Waals surface area contributed by atoms with Gasteiger partial charge in [-0.25, -0.2) is 0 Å². The molecule has 0 aliphatic carbocycles. The molecule has 2 saturated heterocycles. The monoisotopic (exact) mass is 378 g/mol. The molecule has 4 rings (SSSR count). The van der Waals surface area contributed by atoms with E-state index in [2.05, 4.69) is 30.3 Å². The molecular weight excluding hydrogens is 348 g/mol. The summed E-state index contributed by atoms with van der Waals surface area (Å²) in [7, 11) is 0. The molecule has 2 aliphatic heterocycles. The van der Waals surface area contributed by atoms with Gasteiger partial charge in [0.05, 0.1) is 6.42 Å². The topological polar surface area (TPSA) is 40.6 Å². The van der Waals surface area contributed by atoms with Crippen molar-refractivity contribution in [3.8, 4) is 0 Å². The first kappa shape index (κ1) is 19.0. The summed E-state index contributed by atoms with van der Waals surface area (Å²) in [6.45, 7) is 3.52. The summed E-state index contributed by atoms with van der Waals surface area (Å²) in [4.78, 5) is 29.2. The Balaban J connectivity index is 1.30. The van der Waals surface area contributed by atoms with Crippen molar-refractivity contribution in [3.63, 3.8) is 0 Å². The molecule has 4 nitrogen and oxygen atoms in total. The molecule has 2 amide bonds. The molecule has 2 fully saturated rings. The van der Waals surface area contributed by atoms with Gasteiger partial charge in [0.15, 0.2) is 0 Å². The van der Waals surface area contributed by atoms with Gasteiger partial charge in [-0.05, 0) is 54.4 Å². The van der Waals surface area contributed by atoms with E-state index in [1.165, 1.54) is 10.8 Å². The van der Waals surface area contributed by atoms with Crippen LogP contribution in [0.3, 0.4) is 0 Å². The number of carbonyl (C=O) groups is 2. The smallest absolute Gasteiger partial charge is 0.226 e. The number of hydrogen-bond donors (Lipinski definition) is 0. The quantitative estimate of drug-likeness (QED) is 0.788. The average Bonchev–Trinajstić information content (AvgIpc) is 3.27. The summed E-state index contributed by atoms with van der Waals surface area (Å²) in [6.07, 6.45) is 6.48. The number of rotatable bonds is 5. The number of likely N-dealkylation sites (tertiary alicyclic amines) is 2. The molecule has 0 radical (unpaired) electrons. The second-order valence-corrected chi connectivity index (χ2v) is 8.33. The normalized spacial score (nSPS) is 19.9. The highest BCUT2D eigenvalue weighted by molar-refractivity contribution is 5.85.